The lowest BCUT2D eigenvalue weighted by Gasteiger charge is -2.30. The van der Waals surface area contributed by atoms with E-state index in [1.807, 2.05) is 0 Å². The van der Waals surface area contributed by atoms with Crippen LogP contribution in [0.1, 0.15) is 38.5 Å². The van der Waals surface area contributed by atoms with Crippen LogP contribution in [-0.4, -0.2) is 45.9 Å². The van der Waals surface area contributed by atoms with Gasteiger partial charge in [-0.2, -0.15) is 0 Å². The molecule has 0 bridgehead atoms. The third-order valence-electron chi connectivity index (χ3n) is 4.83. The molecule has 1 unspecified atom stereocenters. The SMILES string of the molecule is C#CC1=NOC2(CCC(=NOC(CCO)C(=O)O)CC2)C1.c1cc2cc-2c1. The second kappa shape index (κ2) is 8.23. The highest BCUT2D eigenvalue weighted by molar-refractivity contribution is 6.01. The highest BCUT2D eigenvalue weighted by atomic mass is 16.7. The van der Waals surface area contributed by atoms with Gasteiger partial charge in [-0.15, -0.1) is 6.42 Å². The highest BCUT2D eigenvalue weighted by Gasteiger charge is 2.41. The normalized spacial score (nSPS) is 22.5. The molecular formula is C20H22N2O5. The number of aliphatic hydroxyl groups excluding tert-OH is 1. The molecule has 1 spiro atoms. The summed E-state index contributed by atoms with van der Waals surface area (Å²) in [7, 11) is 0. The molecular weight excluding hydrogens is 348 g/mol. The largest absolute Gasteiger partial charge is 0.478 e. The van der Waals surface area contributed by atoms with E-state index in [0.29, 0.717) is 25.0 Å². The Morgan fingerprint density at radius 1 is 1.41 bits per heavy atom. The van der Waals surface area contributed by atoms with E-state index in [0.717, 1.165) is 18.6 Å². The van der Waals surface area contributed by atoms with Crippen LogP contribution in [0, 0.1) is 12.3 Å². The molecule has 7 heteroatoms. The minimum absolute atomic E-state index is 0.0124. The average molecular weight is 370 g/mol. The van der Waals surface area contributed by atoms with Gasteiger partial charge in [0, 0.05) is 19.4 Å². The van der Waals surface area contributed by atoms with Crippen LogP contribution in [0.2, 0.25) is 0 Å². The maximum Gasteiger partial charge on any atom is 0.347 e. The number of terminal acetylenes is 1. The summed E-state index contributed by atoms with van der Waals surface area (Å²) < 4.78 is 0. The van der Waals surface area contributed by atoms with Crippen molar-refractivity contribution >= 4 is 17.4 Å². The first-order valence-electron chi connectivity index (χ1n) is 8.92. The molecule has 1 atom stereocenters. The summed E-state index contributed by atoms with van der Waals surface area (Å²) >= 11 is 0. The maximum absolute atomic E-state index is 10.9. The van der Waals surface area contributed by atoms with Gasteiger partial charge in [0.15, 0.2) is 0 Å². The van der Waals surface area contributed by atoms with Gasteiger partial charge in [-0.3, -0.25) is 0 Å². The molecule has 27 heavy (non-hydrogen) atoms. The van der Waals surface area contributed by atoms with Crippen LogP contribution in [0.4, 0.5) is 0 Å². The monoisotopic (exact) mass is 370 g/mol. The van der Waals surface area contributed by atoms with Gasteiger partial charge in [-0.1, -0.05) is 34.4 Å². The molecule has 1 fully saturated rings. The molecule has 0 aromatic rings. The highest BCUT2D eigenvalue weighted by Crippen LogP contribution is 2.37. The van der Waals surface area contributed by atoms with E-state index in [1.165, 1.54) is 11.1 Å². The van der Waals surface area contributed by atoms with Crippen molar-refractivity contribution in [1.82, 2.24) is 0 Å². The molecule has 0 radical (unpaired) electrons. The van der Waals surface area contributed by atoms with Gasteiger partial charge in [0.1, 0.15) is 11.3 Å². The van der Waals surface area contributed by atoms with Crippen LogP contribution in [0.3, 0.4) is 0 Å². The number of fused-ring (bicyclic) bond motifs is 1. The van der Waals surface area contributed by atoms with E-state index in [9.17, 15) is 4.79 Å². The second-order valence-corrected chi connectivity index (χ2v) is 6.82. The number of aliphatic hydroxyl groups is 1. The zero-order chi connectivity index (χ0) is 19.3. The van der Waals surface area contributed by atoms with Crippen molar-refractivity contribution < 1.29 is 24.7 Å². The molecule has 1 heterocycles. The molecule has 142 valence electrons. The smallest absolute Gasteiger partial charge is 0.347 e. The topological polar surface area (TPSA) is 101 Å². The van der Waals surface area contributed by atoms with Gasteiger partial charge in [-0.05, 0) is 42.9 Å². The first-order valence-corrected chi connectivity index (χ1v) is 8.92. The number of carboxylic acid groups (broad SMARTS) is 1. The van der Waals surface area contributed by atoms with Gasteiger partial charge in [0.2, 0.25) is 6.10 Å². The molecule has 2 N–H and O–H groups in total. The molecule has 7 nitrogen and oxygen atoms in total. The van der Waals surface area contributed by atoms with Crippen LogP contribution < -0.4 is 0 Å². The third-order valence-corrected chi connectivity index (χ3v) is 4.83. The van der Waals surface area contributed by atoms with E-state index < -0.39 is 12.1 Å². The predicted molar refractivity (Wildman–Crippen MR) is 100 cm³/mol. The Kier molecular flexibility index (Phi) is 5.77. The van der Waals surface area contributed by atoms with Crippen LogP contribution >= 0.6 is 0 Å². The van der Waals surface area contributed by atoms with Crippen LogP contribution in [0.25, 0.3) is 11.1 Å². The molecule has 0 aromatic carbocycles. The van der Waals surface area contributed by atoms with Gasteiger partial charge in [-0.25, -0.2) is 4.79 Å². The van der Waals surface area contributed by atoms with Crippen molar-refractivity contribution in [1.29, 1.82) is 0 Å². The van der Waals surface area contributed by atoms with Crippen LogP contribution in [-0.2, 0) is 14.5 Å². The molecule has 1 saturated carbocycles. The lowest BCUT2D eigenvalue weighted by molar-refractivity contribution is -0.151. The molecule has 4 rings (SSSR count). The number of rotatable bonds is 5. The number of carboxylic acids is 1. The van der Waals surface area contributed by atoms with E-state index in [2.05, 4.69) is 40.5 Å². The number of aliphatic carboxylic acids is 1. The maximum atomic E-state index is 10.9. The number of benzene rings is 1. The summed E-state index contributed by atoms with van der Waals surface area (Å²) in [5.41, 5.74) is 3.94. The van der Waals surface area contributed by atoms with Crippen molar-refractivity contribution in [3.05, 3.63) is 24.3 Å². The average Bonchev–Trinajstić information content (AvgIpc) is 3.08. The molecule has 1 aliphatic heterocycles. The first kappa shape index (κ1) is 18.9. The van der Waals surface area contributed by atoms with E-state index in [-0.39, 0.29) is 18.6 Å². The Balaban J connectivity index is 0.000000290. The number of hydrogen-bond acceptors (Lipinski definition) is 6. The summed E-state index contributed by atoms with van der Waals surface area (Å²) in [5, 5.41) is 25.5. The van der Waals surface area contributed by atoms with Crippen molar-refractivity contribution in [2.24, 2.45) is 10.3 Å². The lowest BCUT2D eigenvalue weighted by atomic mass is 9.81. The summed E-state index contributed by atoms with van der Waals surface area (Å²) in [4.78, 5) is 21.3. The summed E-state index contributed by atoms with van der Waals surface area (Å²) in [5.74, 6) is 1.36. The van der Waals surface area contributed by atoms with Gasteiger partial charge in [0.05, 0.1) is 5.71 Å². The van der Waals surface area contributed by atoms with Crippen molar-refractivity contribution in [3.63, 3.8) is 0 Å². The van der Waals surface area contributed by atoms with E-state index in [1.54, 1.807) is 0 Å². The Bertz CT molecular complexity index is 782. The fourth-order valence-corrected chi connectivity index (χ4v) is 3.10. The molecule has 4 aliphatic rings. The van der Waals surface area contributed by atoms with E-state index >= 15 is 0 Å². The minimum atomic E-state index is -1.13. The zero-order valence-electron chi connectivity index (χ0n) is 14.9. The van der Waals surface area contributed by atoms with Gasteiger partial charge < -0.3 is 19.9 Å². The molecule has 0 amide bonds. The number of carbonyl (C=O) groups is 1. The summed E-state index contributed by atoms with van der Waals surface area (Å²) in [6, 6.07) is 8.48. The zero-order valence-corrected chi connectivity index (χ0v) is 14.9. The summed E-state index contributed by atoms with van der Waals surface area (Å²) in [6.45, 7) is -0.259. The fourth-order valence-electron chi connectivity index (χ4n) is 3.10. The van der Waals surface area contributed by atoms with Gasteiger partial charge >= 0.3 is 5.97 Å². The van der Waals surface area contributed by atoms with Crippen LogP contribution in [0.15, 0.2) is 34.6 Å². The molecule has 0 aromatic heterocycles. The first-order chi connectivity index (χ1) is 13.0. The summed E-state index contributed by atoms with van der Waals surface area (Å²) in [6.07, 6.45) is 7.60. The Morgan fingerprint density at radius 2 is 2.11 bits per heavy atom. The van der Waals surface area contributed by atoms with Crippen molar-refractivity contribution in [3.8, 4) is 23.5 Å². The Labute approximate surface area is 157 Å². The van der Waals surface area contributed by atoms with E-state index in [4.69, 9.17) is 26.3 Å². The van der Waals surface area contributed by atoms with Crippen molar-refractivity contribution in [2.75, 3.05) is 6.61 Å². The Hall–Kier alpha value is -2.85. The van der Waals surface area contributed by atoms with Crippen molar-refractivity contribution in [2.45, 2.75) is 50.2 Å². The van der Waals surface area contributed by atoms with Gasteiger partial charge in [0.25, 0.3) is 0 Å². The molecule has 3 aliphatic carbocycles. The number of oxime groups is 2. The Morgan fingerprint density at radius 3 is 2.56 bits per heavy atom. The second-order valence-electron chi connectivity index (χ2n) is 6.82. The third kappa shape index (κ3) is 4.86. The predicted octanol–water partition coefficient (Wildman–Crippen LogP) is 2.58. The number of hydrogen-bond donors (Lipinski definition) is 2. The minimum Gasteiger partial charge on any atom is -0.478 e. The fraction of sp³-hybridized carbons (Fsp3) is 0.450. The lowest BCUT2D eigenvalue weighted by Crippen LogP contribution is -2.34. The molecule has 0 saturated heterocycles. The standard InChI is InChI=1S/C14H18N2O5.C6H4/c1-2-10-9-14(21-16-10)6-3-11(4-7-14)15-20-12(5-8-17)13(18)19;1-2-5-4-6(5)3-1/h1,12,17H,3-9H2,(H,18,19);1-4H. The number of nitrogens with zero attached hydrogens (tertiary/aromatic N) is 2. The van der Waals surface area contributed by atoms with Crippen LogP contribution in [0.5, 0.6) is 0 Å². The quantitative estimate of drug-likeness (QED) is 0.622.